The first-order valence-electron chi connectivity index (χ1n) is 13.6. The number of benzene rings is 5. The molecule has 6 nitrogen and oxygen atoms in total. The molecule has 206 valence electrons. The zero-order chi connectivity index (χ0) is 29.2. The highest BCUT2D eigenvalue weighted by molar-refractivity contribution is 6.25. The van der Waals surface area contributed by atoms with E-state index >= 15 is 0 Å². The lowest BCUT2D eigenvalue weighted by atomic mass is 9.94. The van der Waals surface area contributed by atoms with Crippen LogP contribution in [0.5, 0.6) is 0 Å². The van der Waals surface area contributed by atoms with Crippen molar-refractivity contribution in [1.29, 1.82) is 0 Å². The average Bonchev–Trinajstić information content (AvgIpc) is 3.03. The topological polar surface area (TPSA) is 74.8 Å². The molecule has 0 aromatic heterocycles. The fraction of sp³-hybridized carbons (Fsp3) is 0.0857. The highest BCUT2D eigenvalue weighted by Crippen LogP contribution is 2.30. The quantitative estimate of drug-likeness (QED) is 0.161. The molecule has 1 aliphatic rings. The second-order valence-electron chi connectivity index (χ2n) is 10.0. The van der Waals surface area contributed by atoms with Crippen molar-refractivity contribution in [2.45, 2.75) is 6.42 Å². The predicted molar refractivity (Wildman–Crippen MR) is 158 cm³/mol. The fourth-order valence-corrected chi connectivity index (χ4v) is 5.34. The standard InChI is InChI=1S/C35H25FN2O4/c36-27-12-6-13-28(22-27)37(33(40)26-18-16-25(17-19-26)32(39)24-8-2-1-3-9-24)20-7-21-38-34(41)29-14-4-10-23-11-5-15-30(31(23)29)35(38)42/h1-6,8-19,22H,7,20-21H2. The minimum absolute atomic E-state index is 0.0754. The van der Waals surface area contributed by atoms with E-state index in [1.54, 1.807) is 78.9 Å². The van der Waals surface area contributed by atoms with Crippen LogP contribution in [0.15, 0.2) is 115 Å². The first-order chi connectivity index (χ1) is 20.4. The highest BCUT2D eigenvalue weighted by atomic mass is 19.1. The van der Waals surface area contributed by atoms with Crippen molar-refractivity contribution in [2.75, 3.05) is 18.0 Å². The lowest BCUT2D eigenvalue weighted by Gasteiger charge is -2.29. The number of amides is 3. The van der Waals surface area contributed by atoms with E-state index in [1.807, 2.05) is 18.2 Å². The van der Waals surface area contributed by atoms with Crippen molar-refractivity contribution in [3.05, 3.63) is 149 Å². The average molecular weight is 557 g/mol. The SMILES string of the molecule is O=C(c1ccccc1)c1ccc(C(=O)N(CCCN2C(=O)c3cccc4cccc(c34)C2=O)c2cccc(F)c2)cc1. The van der Waals surface area contributed by atoms with E-state index < -0.39 is 11.7 Å². The Hall–Kier alpha value is -5.43. The van der Waals surface area contributed by atoms with Crippen molar-refractivity contribution >= 4 is 40.0 Å². The van der Waals surface area contributed by atoms with Crippen LogP contribution in [0.2, 0.25) is 0 Å². The van der Waals surface area contributed by atoms with E-state index in [2.05, 4.69) is 0 Å². The molecule has 0 N–H and O–H groups in total. The number of carbonyl (C=O) groups excluding carboxylic acids is 4. The van der Waals surface area contributed by atoms with Gasteiger partial charge in [-0.2, -0.15) is 0 Å². The van der Waals surface area contributed by atoms with Crippen molar-refractivity contribution in [3.8, 4) is 0 Å². The third-order valence-electron chi connectivity index (χ3n) is 7.41. The van der Waals surface area contributed by atoms with Crippen LogP contribution in [-0.4, -0.2) is 41.5 Å². The molecule has 7 heteroatoms. The number of rotatable bonds is 8. The van der Waals surface area contributed by atoms with Crippen LogP contribution < -0.4 is 4.90 Å². The number of halogens is 1. The summed E-state index contributed by atoms with van der Waals surface area (Å²) in [7, 11) is 0. The molecule has 0 radical (unpaired) electrons. The number of ketones is 1. The Morgan fingerprint density at radius 2 is 1.26 bits per heavy atom. The van der Waals surface area contributed by atoms with Gasteiger partial charge in [0.1, 0.15) is 5.82 Å². The zero-order valence-electron chi connectivity index (χ0n) is 22.5. The monoisotopic (exact) mass is 556 g/mol. The summed E-state index contributed by atoms with van der Waals surface area (Å²) < 4.78 is 14.2. The van der Waals surface area contributed by atoms with Gasteiger partial charge in [0, 0.05) is 52.0 Å². The normalized spacial score (nSPS) is 12.5. The summed E-state index contributed by atoms with van der Waals surface area (Å²) >= 11 is 0. The van der Waals surface area contributed by atoms with Crippen molar-refractivity contribution < 1.29 is 23.6 Å². The molecule has 1 heterocycles. The molecule has 0 spiro atoms. The molecule has 5 aromatic rings. The van der Waals surface area contributed by atoms with Gasteiger partial charge in [0.15, 0.2) is 5.78 Å². The van der Waals surface area contributed by atoms with Gasteiger partial charge in [0.2, 0.25) is 0 Å². The Kier molecular flexibility index (Phi) is 7.15. The van der Waals surface area contributed by atoms with Crippen LogP contribution in [0.3, 0.4) is 0 Å². The second-order valence-corrected chi connectivity index (χ2v) is 10.0. The zero-order valence-corrected chi connectivity index (χ0v) is 22.5. The largest absolute Gasteiger partial charge is 0.308 e. The molecule has 0 saturated heterocycles. The van der Waals surface area contributed by atoms with E-state index in [-0.39, 0.29) is 37.1 Å². The summed E-state index contributed by atoms with van der Waals surface area (Å²) in [6.45, 7) is 0.196. The van der Waals surface area contributed by atoms with Gasteiger partial charge in [0.25, 0.3) is 17.7 Å². The summed E-state index contributed by atoms with van der Waals surface area (Å²) in [6, 6.07) is 31.6. The summed E-state index contributed by atoms with van der Waals surface area (Å²) in [6.07, 6.45) is 0.266. The molecule has 42 heavy (non-hydrogen) atoms. The van der Waals surface area contributed by atoms with Gasteiger partial charge in [-0.1, -0.05) is 72.8 Å². The van der Waals surface area contributed by atoms with Crippen LogP contribution >= 0.6 is 0 Å². The van der Waals surface area contributed by atoms with Gasteiger partial charge in [-0.25, -0.2) is 4.39 Å². The minimum Gasteiger partial charge on any atom is -0.308 e. The molecule has 0 atom stereocenters. The molecular formula is C35H25FN2O4. The minimum atomic E-state index is -0.500. The predicted octanol–water partition coefficient (Wildman–Crippen LogP) is 6.54. The molecule has 3 amide bonds. The van der Waals surface area contributed by atoms with Crippen molar-refractivity contribution in [1.82, 2.24) is 4.90 Å². The van der Waals surface area contributed by atoms with Crippen molar-refractivity contribution in [3.63, 3.8) is 0 Å². The van der Waals surface area contributed by atoms with Crippen LogP contribution in [0.4, 0.5) is 10.1 Å². The maximum Gasteiger partial charge on any atom is 0.261 e. The third kappa shape index (κ3) is 4.97. The number of anilines is 1. The molecule has 5 aromatic carbocycles. The van der Waals surface area contributed by atoms with Crippen LogP contribution in [0.25, 0.3) is 10.8 Å². The van der Waals surface area contributed by atoms with Gasteiger partial charge < -0.3 is 4.90 Å². The summed E-state index contributed by atoms with van der Waals surface area (Å²) in [5.74, 6) is -1.83. The summed E-state index contributed by atoms with van der Waals surface area (Å²) in [5.41, 5.74) is 2.56. The molecule has 0 unspecified atom stereocenters. The first kappa shape index (κ1) is 26.8. The molecule has 0 saturated carbocycles. The van der Waals surface area contributed by atoms with Crippen LogP contribution in [0, 0.1) is 5.82 Å². The smallest absolute Gasteiger partial charge is 0.261 e. The van der Waals surface area contributed by atoms with Crippen LogP contribution in [-0.2, 0) is 0 Å². The number of carbonyl (C=O) groups is 4. The Morgan fingerprint density at radius 1 is 0.667 bits per heavy atom. The van der Waals surface area contributed by atoms with E-state index in [0.29, 0.717) is 38.9 Å². The first-order valence-corrected chi connectivity index (χ1v) is 13.6. The number of hydrogen-bond donors (Lipinski definition) is 0. The molecule has 6 rings (SSSR count). The molecular weight excluding hydrogens is 531 g/mol. The lowest BCUT2D eigenvalue weighted by molar-refractivity contribution is 0.0609. The Labute approximate surface area is 241 Å². The number of nitrogens with zero attached hydrogens (tertiary/aromatic N) is 2. The van der Waals surface area contributed by atoms with Crippen molar-refractivity contribution in [2.24, 2.45) is 0 Å². The number of hydrogen-bond acceptors (Lipinski definition) is 4. The van der Waals surface area contributed by atoms with Gasteiger partial charge >= 0.3 is 0 Å². The fourth-order valence-electron chi connectivity index (χ4n) is 5.34. The lowest BCUT2D eigenvalue weighted by Crippen LogP contribution is -2.42. The molecule has 0 fully saturated rings. The molecule has 0 aliphatic carbocycles. The van der Waals surface area contributed by atoms with Crippen LogP contribution in [0.1, 0.15) is 53.4 Å². The van der Waals surface area contributed by atoms with Gasteiger partial charge in [-0.05, 0) is 54.3 Å². The van der Waals surface area contributed by atoms with E-state index in [4.69, 9.17) is 0 Å². The Bertz CT molecular complexity index is 1800. The molecule has 1 aliphatic heterocycles. The third-order valence-corrected chi connectivity index (χ3v) is 7.41. The highest BCUT2D eigenvalue weighted by Gasteiger charge is 2.32. The van der Waals surface area contributed by atoms with Gasteiger partial charge in [-0.15, -0.1) is 0 Å². The van der Waals surface area contributed by atoms with Gasteiger partial charge in [0.05, 0.1) is 0 Å². The summed E-state index contributed by atoms with van der Waals surface area (Å²) in [4.78, 5) is 55.7. The number of imide groups is 1. The molecule has 0 bridgehead atoms. The van der Waals surface area contributed by atoms with E-state index in [1.165, 1.54) is 28.0 Å². The maximum atomic E-state index is 14.2. The Balaban J connectivity index is 1.22. The second kappa shape index (κ2) is 11.2. The maximum absolute atomic E-state index is 14.2. The Morgan fingerprint density at radius 3 is 1.90 bits per heavy atom. The summed E-state index contributed by atoms with van der Waals surface area (Å²) in [5, 5.41) is 1.47. The van der Waals surface area contributed by atoms with E-state index in [0.717, 1.165) is 5.39 Å². The van der Waals surface area contributed by atoms with Gasteiger partial charge in [-0.3, -0.25) is 24.1 Å². The van der Waals surface area contributed by atoms with E-state index in [9.17, 15) is 23.6 Å².